The Balaban J connectivity index is 2.01. The Morgan fingerprint density at radius 1 is 1.16 bits per heavy atom. The fourth-order valence-corrected chi connectivity index (χ4v) is 1.51. The molecule has 0 aliphatic rings. The zero-order valence-corrected chi connectivity index (χ0v) is 9.58. The molecule has 0 unspecified atom stereocenters. The highest BCUT2D eigenvalue weighted by molar-refractivity contribution is 5.28. The van der Waals surface area contributed by atoms with Crippen LogP contribution in [0.2, 0.25) is 0 Å². The molecular weight excluding hydrogens is 263 g/mol. The molecule has 0 spiro atoms. The highest BCUT2D eigenvalue weighted by atomic mass is 19.4. The first kappa shape index (κ1) is 13.3. The highest BCUT2D eigenvalue weighted by Gasteiger charge is 2.31. The van der Waals surface area contributed by atoms with Gasteiger partial charge in [-0.15, -0.1) is 23.4 Å². The first-order chi connectivity index (χ1) is 8.94. The Morgan fingerprint density at radius 3 is 2.26 bits per heavy atom. The summed E-state index contributed by atoms with van der Waals surface area (Å²) in [7, 11) is 0. The van der Waals surface area contributed by atoms with Crippen LogP contribution in [0.4, 0.5) is 13.2 Å². The largest absolute Gasteiger partial charge is 0.573 e. The molecule has 2 rings (SSSR count). The predicted octanol–water partition coefficient (Wildman–Crippen LogP) is 1.91. The minimum absolute atomic E-state index is 0.215. The van der Waals surface area contributed by atoms with Gasteiger partial charge in [-0.25, -0.2) is 0 Å². The molecule has 0 aliphatic carbocycles. The third-order valence-electron chi connectivity index (χ3n) is 2.35. The molecule has 0 fully saturated rings. The van der Waals surface area contributed by atoms with Crippen LogP contribution in [0.5, 0.6) is 5.75 Å². The lowest BCUT2D eigenvalue weighted by Gasteiger charge is -2.13. The molecule has 0 amide bonds. The number of aliphatic hydroxyl groups excluding tert-OH is 1. The Kier molecular flexibility index (Phi) is 3.70. The van der Waals surface area contributed by atoms with Gasteiger partial charge in [0.25, 0.3) is 0 Å². The summed E-state index contributed by atoms with van der Waals surface area (Å²) < 4.78 is 41.2. The molecular formula is C11H10F3N3O2. The van der Waals surface area contributed by atoms with E-state index < -0.39 is 12.5 Å². The third kappa shape index (κ3) is 3.95. The van der Waals surface area contributed by atoms with Crippen LogP contribution < -0.4 is 4.74 Å². The molecule has 1 atom stereocenters. The summed E-state index contributed by atoms with van der Waals surface area (Å²) >= 11 is 0. The molecule has 1 N–H and O–H groups in total. The normalized spacial score (nSPS) is 13.3. The maximum Gasteiger partial charge on any atom is 0.573 e. The van der Waals surface area contributed by atoms with Crippen molar-refractivity contribution < 1.29 is 23.0 Å². The van der Waals surface area contributed by atoms with E-state index in [-0.39, 0.29) is 12.3 Å². The van der Waals surface area contributed by atoms with Crippen molar-refractivity contribution in [2.45, 2.75) is 19.0 Å². The van der Waals surface area contributed by atoms with E-state index in [1.165, 1.54) is 24.8 Å². The van der Waals surface area contributed by atoms with Crippen molar-refractivity contribution in [1.29, 1.82) is 0 Å². The van der Waals surface area contributed by atoms with Crippen molar-refractivity contribution in [2.75, 3.05) is 0 Å². The van der Waals surface area contributed by atoms with Crippen LogP contribution in [0, 0.1) is 0 Å². The van der Waals surface area contributed by atoms with Gasteiger partial charge in [-0.05, 0) is 17.7 Å². The maximum absolute atomic E-state index is 12.0. The topological polar surface area (TPSA) is 60.2 Å². The molecule has 0 bridgehead atoms. The van der Waals surface area contributed by atoms with Crippen LogP contribution in [0.3, 0.4) is 0 Å². The second-order valence-electron chi connectivity index (χ2n) is 3.79. The van der Waals surface area contributed by atoms with Gasteiger partial charge in [-0.1, -0.05) is 12.1 Å². The summed E-state index contributed by atoms with van der Waals surface area (Å²) in [6, 6.07) is 5.04. The summed E-state index contributed by atoms with van der Waals surface area (Å²) in [6.45, 7) is 0.215. The first-order valence-electron chi connectivity index (χ1n) is 5.30. The summed E-state index contributed by atoms with van der Waals surface area (Å²) in [4.78, 5) is 0. The Morgan fingerprint density at radius 2 is 1.74 bits per heavy atom. The molecule has 0 saturated heterocycles. The standard InChI is InChI=1S/C11H10F3N3O2/c12-11(13,14)19-9-3-1-8(2-4-9)10(18)5-17-6-15-16-7-17/h1-4,6-7,10,18H,5H2/t10-/m1/s1. The molecule has 1 aromatic heterocycles. The van der Waals surface area contributed by atoms with E-state index in [9.17, 15) is 18.3 Å². The molecule has 1 aromatic carbocycles. The quantitative estimate of drug-likeness (QED) is 0.924. The first-order valence-corrected chi connectivity index (χ1v) is 5.30. The number of benzene rings is 1. The molecule has 1 heterocycles. The number of alkyl halides is 3. The van der Waals surface area contributed by atoms with Crippen LogP contribution in [-0.4, -0.2) is 26.2 Å². The average Bonchev–Trinajstić information content (AvgIpc) is 2.80. The van der Waals surface area contributed by atoms with Crippen molar-refractivity contribution in [3.05, 3.63) is 42.5 Å². The zero-order chi connectivity index (χ0) is 13.9. The van der Waals surface area contributed by atoms with Crippen molar-refractivity contribution in [3.63, 3.8) is 0 Å². The SMILES string of the molecule is O[C@H](Cn1cnnc1)c1ccc(OC(F)(F)F)cc1. The number of aromatic nitrogens is 3. The Labute approximate surface area is 106 Å². The third-order valence-corrected chi connectivity index (χ3v) is 2.35. The van der Waals surface area contributed by atoms with E-state index in [1.807, 2.05) is 0 Å². The monoisotopic (exact) mass is 273 g/mol. The maximum atomic E-state index is 12.0. The number of halogens is 3. The minimum atomic E-state index is -4.72. The fourth-order valence-electron chi connectivity index (χ4n) is 1.51. The molecule has 102 valence electrons. The van der Waals surface area contributed by atoms with Crippen molar-refractivity contribution in [2.24, 2.45) is 0 Å². The van der Waals surface area contributed by atoms with Gasteiger partial charge in [0.05, 0.1) is 12.6 Å². The van der Waals surface area contributed by atoms with Gasteiger partial charge < -0.3 is 14.4 Å². The molecule has 0 aliphatic heterocycles. The molecule has 2 aromatic rings. The zero-order valence-electron chi connectivity index (χ0n) is 9.58. The van der Waals surface area contributed by atoms with E-state index in [0.717, 1.165) is 12.1 Å². The predicted molar refractivity (Wildman–Crippen MR) is 58.1 cm³/mol. The van der Waals surface area contributed by atoms with Crippen LogP contribution in [0.25, 0.3) is 0 Å². The number of hydrogen-bond donors (Lipinski definition) is 1. The molecule has 8 heteroatoms. The number of rotatable bonds is 4. The summed E-state index contributed by atoms with van der Waals surface area (Å²) in [5.41, 5.74) is 0.475. The second-order valence-corrected chi connectivity index (χ2v) is 3.79. The van der Waals surface area contributed by atoms with E-state index in [0.29, 0.717) is 5.56 Å². The van der Waals surface area contributed by atoms with Gasteiger partial charge in [-0.3, -0.25) is 0 Å². The molecule has 0 radical (unpaired) electrons. The van der Waals surface area contributed by atoms with Crippen molar-refractivity contribution in [3.8, 4) is 5.75 Å². The van der Waals surface area contributed by atoms with Crippen LogP contribution in [0.15, 0.2) is 36.9 Å². The number of ether oxygens (including phenoxy) is 1. The lowest BCUT2D eigenvalue weighted by atomic mass is 10.1. The Bertz CT molecular complexity index is 511. The van der Waals surface area contributed by atoms with E-state index in [2.05, 4.69) is 14.9 Å². The van der Waals surface area contributed by atoms with Gasteiger partial charge in [0, 0.05) is 0 Å². The van der Waals surface area contributed by atoms with Crippen molar-refractivity contribution in [1.82, 2.24) is 14.8 Å². The van der Waals surface area contributed by atoms with Crippen molar-refractivity contribution >= 4 is 0 Å². The van der Waals surface area contributed by atoms with Gasteiger partial charge >= 0.3 is 6.36 Å². The molecule has 0 saturated carbocycles. The lowest BCUT2D eigenvalue weighted by molar-refractivity contribution is -0.274. The van der Waals surface area contributed by atoms with Gasteiger partial charge in [0.1, 0.15) is 18.4 Å². The summed E-state index contributed by atoms with van der Waals surface area (Å²) in [5.74, 6) is -0.326. The summed E-state index contributed by atoms with van der Waals surface area (Å²) in [6.07, 6.45) is -2.71. The summed E-state index contributed by atoms with van der Waals surface area (Å²) in [5, 5.41) is 17.0. The van der Waals surface area contributed by atoms with Gasteiger partial charge in [0.15, 0.2) is 0 Å². The minimum Gasteiger partial charge on any atom is -0.406 e. The second kappa shape index (κ2) is 5.27. The smallest absolute Gasteiger partial charge is 0.406 e. The number of aliphatic hydroxyl groups is 1. The lowest BCUT2D eigenvalue weighted by Crippen LogP contribution is -2.17. The van der Waals surface area contributed by atoms with Crippen LogP contribution in [-0.2, 0) is 6.54 Å². The molecule has 19 heavy (non-hydrogen) atoms. The van der Waals surface area contributed by atoms with Gasteiger partial charge in [-0.2, -0.15) is 0 Å². The van der Waals surface area contributed by atoms with Crippen LogP contribution >= 0.6 is 0 Å². The average molecular weight is 273 g/mol. The van der Waals surface area contributed by atoms with E-state index in [1.54, 1.807) is 4.57 Å². The number of nitrogens with zero attached hydrogens (tertiary/aromatic N) is 3. The van der Waals surface area contributed by atoms with Crippen LogP contribution in [0.1, 0.15) is 11.7 Å². The number of hydrogen-bond acceptors (Lipinski definition) is 4. The Hall–Kier alpha value is -2.09. The molecule has 5 nitrogen and oxygen atoms in total. The highest BCUT2D eigenvalue weighted by Crippen LogP contribution is 2.24. The van der Waals surface area contributed by atoms with E-state index in [4.69, 9.17) is 0 Å². The van der Waals surface area contributed by atoms with E-state index >= 15 is 0 Å². The fraction of sp³-hybridized carbons (Fsp3) is 0.273. The van der Waals surface area contributed by atoms with Gasteiger partial charge in [0.2, 0.25) is 0 Å².